The average molecular weight is 302 g/mol. The van der Waals surface area contributed by atoms with Crippen molar-refractivity contribution in [3.8, 4) is 0 Å². The number of rotatable bonds is 3. The van der Waals surface area contributed by atoms with Gasteiger partial charge in [-0.05, 0) is 22.4 Å². The molecule has 0 amide bonds. The van der Waals surface area contributed by atoms with Crippen LogP contribution in [0.1, 0.15) is 19.2 Å². The molecule has 0 spiro atoms. The van der Waals surface area contributed by atoms with E-state index in [2.05, 4.69) is 32.8 Å². The molecule has 17 heavy (non-hydrogen) atoms. The normalized spacial score (nSPS) is 24.4. The summed E-state index contributed by atoms with van der Waals surface area (Å²) in [7, 11) is 0. The lowest BCUT2D eigenvalue weighted by Gasteiger charge is -2.17. The molecule has 2 rings (SSSR count). The molecule has 5 nitrogen and oxygen atoms in total. The smallest absolute Gasteiger partial charge is 0.133 e. The summed E-state index contributed by atoms with van der Waals surface area (Å²) in [6.45, 7) is 2.90. The van der Waals surface area contributed by atoms with Crippen molar-refractivity contribution in [3.63, 3.8) is 0 Å². The molecule has 2 N–H and O–H groups in total. The van der Waals surface area contributed by atoms with Crippen molar-refractivity contribution >= 4 is 21.7 Å². The first-order valence-corrected chi connectivity index (χ1v) is 6.54. The number of aliphatic hydroxyl groups excluding tert-OH is 2. The number of β-amino-alcohol motifs (C(OH)–C–C–N with tert-alkyl or cyclic N) is 2. The third kappa shape index (κ3) is 2.94. The summed E-state index contributed by atoms with van der Waals surface area (Å²) in [6, 6.07) is 1.81. The molecule has 2 heterocycles. The minimum absolute atomic E-state index is 0.413. The van der Waals surface area contributed by atoms with Crippen LogP contribution < -0.4 is 4.90 Å². The first-order valence-electron chi connectivity index (χ1n) is 5.74. The Morgan fingerprint density at radius 3 is 2.59 bits per heavy atom. The van der Waals surface area contributed by atoms with Gasteiger partial charge in [0.25, 0.3) is 0 Å². The molecule has 0 aromatic carbocycles. The number of nitrogens with zero attached hydrogens (tertiary/aromatic N) is 3. The van der Waals surface area contributed by atoms with E-state index < -0.39 is 12.2 Å². The van der Waals surface area contributed by atoms with Gasteiger partial charge >= 0.3 is 0 Å². The van der Waals surface area contributed by atoms with Gasteiger partial charge in [-0.15, -0.1) is 0 Å². The maximum Gasteiger partial charge on any atom is 0.133 e. The second-order valence-corrected chi connectivity index (χ2v) is 5.07. The summed E-state index contributed by atoms with van der Waals surface area (Å²) in [5.74, 6) is 1.54. The molecule has 1 aromatic heterocycles. The molecule has 1 aliphatic heterocycles. The SMILES string of the molecule is CCCc1nc(Br)cc(N2CC(O)C(O)C2)n1. The molecule has 0 radical (unpaired) electrons. The van der Waals surface area contributed by atoms with Crippen LogP contribution in [0.2, 0.25) is 0 Å². The van der Waals surface area contributed by atoms with E-state index in [1.54, 1.807) is 0 Å². The molecule has 1 aromatic rings. The number of halogens is 1. The lowest BCUT2D eigenvalue weighted by Crippen LogP contribution is -2.22. The monoisotopic (exact) mass is 301 g/mol. The number of hydrogen-bond donors (Lipinski definition) is 2. The summed E-state index contributed by atoms with van der Waals surface area (Å²) in [6.07, 6.45) is 0.420. The minimum Gasteiger partial charge on any atom is -0.389 e. The highest BCUT2D eigenvalue weighted by molar-refractivity contribution is 9.10. The maximum atomic E-state index is 9.52. The summed E-state index contributed by atoms with van der Waals surface area (Å²) >= 11 is 3.36. The molecule has 1 aliphatic rings. The van der Waals surface area contributed by atoms with Crippen LogP contribution in [0.3, 0.4) is 0 Å². The van der Waals surface area contributed by atoms with Crippen molar-refractivity contribution in [2.24, 2.45) is 0 Å². The summed E-state index contributed by atoms with van der Waals surface area (Å²) in [5.41, 5.74) is 0. The van der Waals surface area contributed by atoms with Gasteiger partial charge in [-0.1, -0.05) is 6.92 Å². The van der Waals surface area contributed by atoms with Crippen LogP contribution in [0, 0.1) is 0 Å². The number of aliphatic hydroxyl groups is 2. The van der Waals surface area contributed by atoms with E-state index in [9.17, 15) is 10.2 Å². The molecular weight excluding hydrogens is 286 g/mol. The van der Waals surface area contributed by atoms with Crippen LogP contribution in [0.25, 0.3) is 0 Å². The van der Waals surface area contributed by atoms with Gasteiger partial charge in [-0.3, -0.25) is 0 Å². The van der Waals surface area contributed by atoms with Crippen molar-refractivity contribution < 1.29 is 10.2 Å². The Morgan fingerprint density at radius 1 is 1.35 bits per heavy atom. The Bertz CT molecular complexity index is 392. The fraction of sp³-hybridized carbons (Fsp3) is 0.636. The highest BCUT2D eigenvalue weighted by Gasteiger charge is 2.30. The predicted octanol–water partition coefficient (Wildman–Crippen LogP) is 0.733. The van der Waals surface area contributed by atoms with Crippen LogP contribution in [0.5, 0.6) is 0 Å². The second-order valence-electron chi connectivity index (χ2n) is 4.25. The van der Waals surface area contributed by atoms with Crippen LogP contribution >= 0.6 is 15.9 Å². The predicted molar refractivity (Wildman–Crippen MR) is 68.0 cm³/mol. The van der Waals surface area contributed by atoms with Gasteiger partial charge in [-0.25, -0.2) is 9.97 Å². The van der Waals surface area contributed by atoms with E-state index in [1.807, 2.05) is 11.0 Å². The molecule has 0 saturated carbocycles. The van der Waals surface area contributed by atoms with E-state index in [0.717, 1.165) is 29.1 Å². The van der Waals surface area contributed by atoms with Crippen LogP contribution in [0.4, 0.5) is 5.82 Å². The van der Waals surface area contributed by atoms with E-state index in [4.69, 9.17) is 0 Å². The van der Waals surface area contributed by atoms with Crippen LogP contribution in [-0.4, -0.2) is 45.5 Å². The van der Waals surface area contributed by atoms with Gasteiger partial charge in [0.2, 0.25) is 0 Å². The third-order valence-corrected chi connectivity index (χ3v) is 3.19. The molecule has 2 unspecified atom stereocenters. The largest absolute Gasteiger partial charge is 0.389 e. The van der Waals surface area contributed by atoms with Crippen molar-refractivity contribution in [3.05, 3.63) is 16.5 Å². The zero-order valence-corrected chi connectivity index (χ0v) is 11.3. The lowest BCUT2D eigenvalue weighted by molar-refractivity contribution is 0.0572. The van der Waals surface area contributed by atoms with Gasteiger partial charge in [0.15, 0.2) is 0 Å². The molecule has 0 aliphatic carbocycles. The van der Waals surface area contributed by atoms with E-state index >= 15 is 0 Å². The zero-order valence-electron chi connectivity index (χ0n) is 9.67. The van der Waals surface area contributed by atoms with Gasteiger partial charge in [0, 0.05) is 25.6 Å². The fourth-order valence-corrected chi connectivity index (χ4v) is 2.31. The number of anilines is 1. The lowest BCUT2D eigenvalue weighted by atomic mass is 10.3. The molecule has 1 saturated heterocycles. The van der Waals surface area contributed by atoms with Crippen molar-refractivity contribution in [2.75, 3.05) is 18.0 Å². The zero-order chi connectivity index (χ0) is 12.4. The first kappa shape index (κ1) is 12.7. The molecule has 1 fully saturated rings. The Kier molecular flexibility index (Phi) is 3.96. The van der Waals surface area contributed by atoms with Crippen molar-refractivity contribution in [1.29, 1.82) is 0 Å². The minimum atomic E-state index is -0.696. The first-order chi connectivity index (χ1) is 8.10. The Balaban J connectivity index is 2.20. The molecular formula is C11H16BrN3O2. The molecule has 6 heteroatoms. The van der Waals surface area contributed by atoms with E-state index in [-0.39, 0.29) is 0 Å². The summed E-state index contributed by atoms with van der Waals surface area (Å²) in [5, 5.41) is 19.0. The van der Waals surface area contributed by atoms with Crippen molar-refractivity contribution in [2.45, 2.75) is 32.0 Å². The third-order valence-electron chi connectivity index (χ3n) is 2.78. The standard InChI is InChI=1S/C11H16BrN3O2/c1-2-3-10-13-9(12)4-11(14-10)15-5-7(16)8(17)6-15/h4,7-8,16-17H,2-3,5-6H2,1H3. The topological polar surface area (TPSA) is 69.5 Å². The average Bonchev–Trinajstić information content (AvgIpc) is 2.59. The molecule has 94 valence electrons. The molecule has 2 atom stereocenters. The van der Waals surface area contributed by atoms with Crippen LogP contribution in [-0.2, 0) is 6.42 Å². The van der Waals surface area contributed by atoms with Crippen LogP contribution in [0.15, 0.2) is 10.7 Å². The summed E-state index contributed by atoms with van der Waals surface area (Å²) in [4.78, 5) is 10.6. The van der Waals surface area contributed by atoms with Gasteiger partial charge in [0.05, 0.1) is 12.2 Å². The maximum absolute atomic E-state index is 9.52. The Hall–Kier alpha value is -0.720. The van der Waals surface area contributed by atoms with Crippen molar-refractivity contribution in [1.82, 2.24) is 9.97 Å². The highest BCUT2D eigenvalue weighted by atomic mass is 79.9. The number of aryl methyl sites for hydroxylation is 1. The number of hydrogen-bond acceptors (Lipinski definition) is 5. The number of aromatic nitrogens is 2. The van der Waals surface area contributed by atoms with E-state index in [1.165, 1.54) is 0 Å². The second kappa shape index (κ2) is 5.29. The Morgan fingerprint density at radius 2 is 2.00 bits per heavy atom. The summed E-state index contributed by atoms with van der Waals surface area (Å²) < 4.78 is 0.738. The molecule has 0 bridgehead atoms. The highest BCUT2D eigenvalue weighted by Crippen LogP contribution is 2.21. The fourth-order valence-electron chi connectivity index (χ4n) is 1.91. The quantitative estimate of drug-likeness (QED) is 0.806. The van der Waals surface area contributed by atoms with Gasteiger partial charge < -0.3 is 15.1 Å². The Labute approximate surface area is 109 Å². The van der Waals surface area contributed by atoms with Gasteiger partial charge in [-0.2, -0.15) is 0 Å². The van der Waals surface area contributed by atoms with E-state index in [0.29, 0.717) is 13.1 Å². The van der Waals surface area contributed by atoms with Gasteiger partial charge in [0.1, 0.15) is 16.2 Å².